The first-order valence-corrected chi connectivity index (χ1v) is 6.80. The van der Waals surface area contributed by atoms with Gasteiger partial charge in [0.2, 0.25) is 5.91 Å². The van der Waals surface area contributed by atoms with Gasteiger partial charge in [0.15, 0.2) is 0 Å². The van der Waals surface area contributed by atoms with Crippen LogP contribution in [0.4, 0.5) is 0 Å². The lowest BCUT2D eigenvalue weighted by atomic mass is 10.1. The lowest BCUT2D eigenvalue weighted by Gasteiger charge is -2.20. The first kappa shape index (κ1) is 15.1. The van der Waals surface area contributed by atoms with Crippen LogP contribution in [0.3, 0.4) is 0 Å². The van der Waals surface area contributed by atoms with Gasteiger partial charge in [0, 0.05) is 24.8 Å². The summed E-state index contributed by atoms with van der Waals surface area (Å²) < 4.78 is 5.12. The van der Waals surface area contributed by atoms with E-state index < -0.39 is 0 Å². The first-order valence-electron chi connectivity index (χ1n) is 5.74. The topological polar surface area (TPSA) is 29.5 Å². The van der Waals surface area contributed by atoms with Crippen LogP contribution in [0.25, 0.3) is 0 Å². The standard InChI is InChI=1S/C13H17Cl2NO2/c1-18-12-4-2-3-11(9-12)10-13(17)16(7-5-14)8-6-15/h2-4,9H,5-8,10H2,1H3. The summed E-state index contributed by atoms with van der Waals surface area (Å²) in [5.41, 5.74) is 0.925. The minimum Gasteiger partial charge on any atom is -0.497 e. The molecule has 0 saturated heterocycles. The van der Waals surface area contributed by atoms with E-state index in [-0.39, 0.29) is 5.91 Å². The van der Waals surface area contributed by atoms with Crippen LogP contribution in [0, 0.1) is 0 Å². The Labute approximate surface area is 118 Å². The Balaban J connectivity index is 2.66. The number of hydrogen-bond acceptors (Lipinski definition) is 2. The maximum Gasteiger partial charge on any atom is 0.227 e. The Kier molecular flexibility index (Phi) is 6.91. The van der Waals surface area contributed by atoms with Gasteiger partial charge in [0.05, 0.1) is 13.5 Å². The van der Waals surface area contributed by atoms with Crippen LogP contribution in [-0.2, 0) is 11.2 Å². The average molecular weight is 290 g/mol. The molecule has 0 heterocycles. The van der Waals surface area contributed by atoms with Crippen LogP contribution in [0.15, 0.2) is 24.3 Å². The molecule has 0 aromatic heterocycles. The molecule has 0 unspecified atom stereocenters. The molecule has 0 aliphatic rings. The fourth-order valence-corrected chi connectivity index (χ4v) is 2.04. The van der Waals surface area contributed by atoms with E-state index in [0.29, 0.717) is 31.3 Å². The molecular weight excluding hydrogens is 273 g/mol. The van der Waals surface area contributed by atoms with E-state index in [1.165, 1.54) is 0 Å². The van der Waals surface area contributed by atoms with Gasteiger partial charge in [-0.2, -0.15) is 0 Å². The van der Waals surface area contributed by atoms with Crippen molar-refractivity contribution in [2.75, 3.05) is 32.0 Å². The van der Waals surface area contributed by atoms with Crippen LogP contribution < -0.4 is 4.74 Å². The summed E-state index contributed by atoms with van der Waals surface area (Å²) in [6, 6.07) is 7.48. The third-order valence-electron chi connectivity index (χ3n) is 2.55. The van der Waals surface area contributed by atoms with Crippen molar-refractivity contribution in [3.63, 3.8) is 0 Å². The van der Waals surface area contributed by atoms with Gasteiger partial charge >= 0.3 is 0 Å². The maximum absolute atomic E-state index is 12.1. The third-order valence-corrected chi connectivity index (χ3v) is 2.89. The van der Waals surface area contributed by atoms with Gasteiger partial charge in [-0.15, -0.1) is 23.2 Å². The van der Waals surface area contributed by atoms with Gasteiger partial charge in [-0.05, 0) is 17.7 Å². The monoisotopic (exact) mass is 289 g/mol. The van der Waals surface area contributed by atoms with E-state index in [9.17, 15) is 4.79 Å². The minimum atomic E-state index is 0.0320. The first-order chi connectivity index (χ1) is 8.71. The summed E-state index contributed by atoms with van der Waals surface area (Å²) in [6.45, 7) is 1.05. The van der Waals surface area contributed by atoms with Gasteiger partial charge < -0.3 is 9.64 Å². The molecule has 0 aliphatic heterocycles. The molecule has 1 aromatic rings. The van der Waals surface area contributed by atoms with Crippen LogP contribution >= 0.6 is 23.2 Å². The second-order valence-electron chi connectivity index (χ2n) is 3.79. The molecule has 0 bridgehead atoms. The zero-order valence-corrected chi connectivity index (χ0v) is 11.9. The fraction of sp³-hybridized carbons (Fsp3) is 0.462. The number of carbonyl (C=O) groups is 1. The number of carbonyl (C=O) groups excluding carboxylic acids is 1. The molecule has 5 heteroatoms. The van der Waals surface area contributed by atoms with E-state index >= 15 is 0 Å². The molecule has 1 aromatic carbocycles. The highest BCUT2D eigenvalue weighted by atomic mass is 35.5. The Morgan fingerprint density at radius 3 is 2.50 bits per heavy atom. The molecule has 100 valence electrons. The highest BCUT2D eigenvalue weighted by Crippen LogP contribution is 2.13. The van der Waals surface area contributed by atoms with Crippen LogP contribution in [-0.4, -0.2) is 42.8 Å². The van der Waals surface area contributed by atoms with Crippen molar-refractivity contribution in [1.82, 2.24) is 4.90 Å². The minimum absolute atomic E-state index is 0.0320. The summed E-state index contributed by atoms with van der Waals surface area (Å²) in [5.74, 6) is 1.62. The summed E-state index contributed by atoms with van der Waals surface area (Å²) in [5, 5.41) is 0. The van der Waals surface area contributed by atoms with E-state index in [1.807, 2.05) is 24.3 Å². The molecule has 0 fully saturated rings. The fourth-order valence-electron chi connectivity index (χ4n) is 1.63. The van der Waals surface area contributed by atoms with E-state index in [0.717, 1.165) is 11.3 Å². The summed E-state index contributed by atoms with van der Waals surface area (Å²) >= 11 is 11.3. The zero-order valence-electron chi connectivity index (χ0n) is 10.4. The molecule has 0 N–H and O–H groups in total. The van der Waals surface area contributed by atoms with Crippen molar-refractivity contribution in [1.29, 1.82) is 0 Å². The van der Waals surface area contributed by atoms with Gasteiger partial charge in [-0.25, -0.2) is 0 Å². The third kappa shape index (κ3) is 4.75. The summed E-state index contributed by atoms with van der Waals surface area (Å²) in [6.07, 6.45) is 0.338. The average Bonchev–Trinajstić information content (AvgIpc) is 2.38. The van der Waals surface area contributed by atoms with Gasteiger partial charge in [0.1, 0.15) is 5.75 Å². The van der Waals surface area contributed by atoms with Crippen LogP contribution in [0.1, 0.15) is 5.56 Å². The number of alkyl halides is 2. The van der Waals surface area contributed by atoms with Crippen LogP contribution in [0.5, 0.6) is 5.75 Å². The molecule has 1 rings (SSSR count). The summed E-state index contributed by atoms with van der Waals surface area (Å²) in [4.78, 5) is 13.7. The quantitative estimate of drug-likeness (QED) is 0.722. The number of hydrogen-bond donors (Lipinski definition) is 0. The number of amides is 1. The molecular formula is C13H17Cl2NO2. The Morgan fingerprint density at radius 1 is 1.28 bits per heavy atom. The summed E-state index contributed by atoms with van der Waals surface area (Å²) in [7, 11) is 1.61. The molecule has 0 atom stereocenters. The number of rotatable bonds is 7. The van der Waals surface area contributed by atoms with Crippen molar-refractivity contribution < 1.29 is 9.53 Å². The molecule has 0 spiro atoms. The Morgan fingerprint density at radius 2 is 1.94 bits per heavy atom. The van der Waals surface area contributed by atoms with Crippen LogP contribution in [0.2, 0.25) is 0 Å². The number of nitrogens with zero attached hydrogens (tertiary/aromatic N) is 1. The zero-order chi connectivity index (χ0) is 13.4. The smallest absolute Gasteiger partial charge is 0.227 e. The van der Waals surface area contributed by atoms with Gasteiger partial charge in [-0.3, -0.25) is 4.79 Å². The lowest BCUT2D eigenvalue weighted by Crippen LogP contribution is -2.35. The predicted molar refractivity (Wildman–Crippen MR) is 74.7 cm³/mol. The lowest BCUT2D eigenvalue weighted by molar-refractivity contribution is -0.130. The number of benzene rings is 1. The van der Waals surface area contributed by atoms with Crippen molar-refractivity contribution >= 4 is 29.1 Å². The van der Waals surface area contributed by atoms with E-state index in [4.69, 9.17) is 27.9 Å². The number of methoxy groups -OCH3 is 1. The number of ether oxygens (including phenoxy) is 1. The molecule has 18 heavy (non-hydrogen) atoms. The van der Waals surface area contributed by atoms with Gasteiger partial charge in [0.25, 0.3) is 0 Å². The highest BCUT2D eigenvalue weighted by Gasteiger charge is 2.13. The second-order valence-corrected chi connectivity index (χ2v) is 4.54. The maximum atomic E-state index is 12.1. The van der Waals surface area contributed by atoms with Gasteiger partial charge in [-0.1, -0.05) is 12.1 Å². The van der Waals surface area contributed by atoms with Crippen molar-refractivity contribution in [2.45, 2.75) is 6.42 Å². The normalized spacial score (nSPS) is 10.2. The molecule has 1 amide bonds. The van der Waals surface area contributed by atoms with Crippen molar-refractivity contribution in [3.8, 4) is 5.75 Å². The van der Waals surface area contributed by atoms with Crippen molar-refractivity contribution in [3.05, 3.63) is 29.8 Å². The molecule has 0 aliphatic carbocycles. The van der Waals surface area contributed by atoms with E-state index in [2.05, 4.69) is 0 Å². The molecule has 3 nitrogen and oxygen atoms in total. The second kappa shape index (κ2) is 8.22. The Bertz CT molecular complexity index is 379. The SMILES string of the molecule is COc1cccc(CC(=O)N(CCCl)CCCl)c1. The van der Waals surface area contributed by atoms with Crippen molar-refractivity contribution in [2.24, 2.45) is 0 Å². The highest BCUT2D eigenvalue weighted by molar-refractivity contribution is 6.18. The molecule has 0 radical (unpaired) electrons. The predicted octanol–water partition coefficient (Wildman–Crippen LogP) is 2.54. The Hall–Kier alpha value is -0.930. The molecule has 0 saturated carbocycles. The number of halogens is 2. The van der Waals surface area contributed by atoms with E-state index in [1.54, 1.807) is 12.0 Å². The largest absolute Gasteiger partial charge is 0.497 e.